The summed E-state index contributed by atoms with van der Waals surface area (Å²) in [5.74, 6) is 0.167. The molecule has 3 rings (SSSR count). The summed E-state index contributed by atoms with van der Waals surface area (Å²) in [5, 5.41) is 2.83. The van der Waals surface area contributed by atoms with Crippen molar-refractivity contribution in [2.45, 2.75) is 52.1 Å². The molecule has 0 radical (unpaired) electrons. The number of fused-ring (bicyclic) bond motifs is 1. The van der Waals surface area contributed by atoms with Crippen molar-refractivity contribution in [3.8, 4) is 5.75 Å². The van der Waals surface area contributed by atoms with Gasteiger partial charge in [-0.2, -0.15) is 0 Å². The van der Waals surface area contributed by atoms with Gasteiger partial charge in [-0.25, -0.2) is 0 Å². The molecule has 0 aromatic heterocycles. The highest BCUT2D eigenvalue weighted by molar-refractivity contribution is 6.04. The van der Waals surface area contributed by atoms with Gasteiger partial charge in [0.25, 0.3) is 5.91 Å². The van der Waals surface area contributed by atoms with E-state index in [1.54, 1.807) is 25.1 Å². The fourth-order valence-corrected chi connectivity index (χ4v) is 3.48. The second-order valence-corrected chi connectivity index (χ2v) is 7.11. The molecule has 1 N–H and O–H groups in total. The van der Waals surface area contributed by atoms with E-state index in [1.165, 1.54) is 4.90 Å². The van der Waals surface area contributed by atoms with Crippen LogP contribution < -0.4 is 15.0 Å². The lowest BCUT2D eigenvalue weighted by molar-refractivity contribution is -0.133. The van der Waals surface area contributed by atoms with Gasteiger partial charge in [-0.3, -0.25) is 19.3 Å². The first-order valence-electron chi connectivity index (χ1n) is 9.69. The fourth-order valence-electron chi connectivity index (χ4n) is 3.48. The summed E-state index contributed by atoms with van der Waals surface area (Å²) in [7, 11) is 0. The molecule has 0 spiro atoms. The number of amides is 3. The van der Waals surface area contributed by atoms with Gasteiger partial charge >= 0.3 is 0 Å². The smallest absolute Gasteiger partial charge is 0.268 e. The zero-order valence-electron chi connectivity index (χ0n) is 16.0. The Labute approximate surface area is 159 Å². The van der Waals surface area contributed by atoms with E-state index < -0.39 is 6.10 Å². The lowest BCUT2D eigenvalue weighted by atomic mass is 10.1. The molecule has 1 fully saturated rings. The number of hydrogen-bond acceptors (Lipinski definition) is 4. The van der Waals surface area contributed by atoms with Gasteiger partial charge in [0.1, 0.15) is 12.3 Å². The molecule has 2 aliphatic heterocycles. The van der Waals surface area contributed by atoms with Crippen molar-refractivity contribution in [3.05, 3.63) is 18.2 Å². The summed E-state index contributed by atoms with van der Waals surface area (Å²) in [6, 6.07) is 5.19. The molecule has 0 bridgehead atoms. The van der Waals surface area contributed by atoms with Crippen molar-refractivity contribution >= 4 is 29.1 Å². The number of ether oxygens (including phenoxy) is 1. The molecule has 2 aliphatic rings. The van der Waals surface area contributed by atoms with Crippen LogP contribution in [0.3, 0.4) is 0 Å². The second kappa shape index (κ2) is 8.41. The minimum absolute atomic E-state index is 0.00804. The molecule has 1 atom stereocenters. The molecule has 1 saturated heterocycles. The number of benzene rings is 1. The van der Waals surface area contributed by atoms with Crippen LogP contribution in [0.4, 0.5) is 11.4 Å². The zero-order valence-corrected chi connectivity index (χ0v) is 16.0. The lowest BCUT2D eigenvalue weighted by Gasteiger charge is -2.35. The Kier molecular flexibility index (Phi) is 5.98. The number of carbonyl (C=O) groups excluding carboxylic acids is 3. The number of nitrogens with zero attached hydrogens (tertiary/aromatic N) is 2. The summed E-state index contributed by atoms with van der Waals surface area (Å²) in [4.78, 5) is 40.6. The molecule has 0 saturated carbocycles. The number of nitrogens with one attached hydrogen (secondary N) is 1. The number of piperidine rings is 1. The van der Waals surface area contributed by atoms with Gasteiger partial charge < -0.3 is 15.0 Å². The van der Waals surface area contributed by atoms with E-state index in [0.29, 0.717) is 23.5 Å². The fraction of sp³-hybridized carbons (Fsp3) is 0.550. The van der Waals surface area contributed by atoms with Crippen molar-refractivity contribution in [3.63, 3.8) is 0 Å². The number of anilines is 2. The van der Waals surface area contributed by atoms with E-state index in [9.17, 15) is 14.4 Å². The number of rotatable bonds is 5. The van der Waals surface area contributed by atoms with Crippen LogP contribution in [-0.2, 0) is 14.4 Å². The van der Waals surface area contributed by atoms with Crippen LogP contribution in [0.1, 0.15) is 46.0 Å². The van der Waals surface area contributed by atoms with Crippen LogP contribution >= 0.6 is 0 Å². The van der Waals surface area contributed by atoms with Crippen LogP contribution in [0, 0.1) is 0 Å². The van der Waals surface area contributed by atoms with Crippen molar-refractivity contribution in [2.24, 2.45) is 0 Å². The van der Waals surface area contributed by atoms with Gasteiger partial charge in [-0.1, -0.05) is 6.92 Å². The second-order valence-electron chi connectivity index (χ2n) is 7.11. The minimum atomic E-state index is -0.646. The summed E-state index contributed by atoms with van der Waals surface area (Å²) in [6.45, 7) is 5.10. The molecule has 7 nitrogen and oxygen atoms in total. The Bertz CT molecular complexity index is 728. The van der Waals surface area contributed by atoms with Crippen molar-refractivity contribution in [2.75, 3.05) is 29.9 Å². The first kappa shape index (κ1) is 19.2. The van der Waals surface area contributed by atoms with Crippen LogP contribution in [-0.4, -0.2) is 48.4 Å². The molecule has 146 valence electrons. The maximum atomic E-state index is 12.7. The molecular weight excluding hydrogens is 346 g/mol. The maximum Gasteiger partial charge on any atom is 0.268 e. The Morgan fingerprint density at radius 3 is 2.67 bits per heavy atom. The van der Waals surface area contributed by atoms with E-state index in [1.807, 2.05) is 11.8 Å². The largest absolute Gasteiger partial charge is 0.479 e. The SMILES string of the molecule is CCCC(=O)Nc1ccc2c(c1)N(CC(=O)N1CCCCC1)C(=O)C(C)O2. The average Bonchev–Trinajstić information content (AvgIpc) is 2.66. The molecule has 1 unspecified atom stereocenters. The first-order valence-corrected chi connectivity index (χ1v) is 9.69. The monoisotopic (exact) mass is 373 g/mol. The standard InChI is InChI=1S/C20H27N3O4/c1-3-7-18(24)21-15-8-9-17-16(12-15)23(20(26)14(2)27-17)13-19(25)22-10-5-4-6-11-22/h8-9,12,14H,3-7,10-11,13H2,1-2H3,(H,21,24). The van der Waals surface area contributed by atoms with Gasteiger partial charge in [0.05, 0.1) is 5.69 Å². The summed E-state index contributed by atoms with van der Waals surface area (Å²) in [5.41, 5.74) is 1.12. The van der Waals surface area contributed by atoms with Gasteiger partial charge in [0, 0.05) is 25.2 Å². The minimum Gasteiger partial charge on any atom is -0.479 e. The summed E-state index contributed by atoms with van der Waals surface area (Å²) >= 11 is 0. The molecule has 7 heteroatoms. The van der Waals surface area contributed by atoms with E-state index in [0.717, 1.165) is 38.8 Å². The highest BCUT2D eigenvalue weighted by Gasteiger charge is 2.34. The Hall–Kier alpha value is -2.57. The Balaban J connectivity index is 1.82. The maximum absolute atomic E-state index is 12.7. The molecular formula is C20H27N3O4. The third-order valence-electron chi connectivity index (χ3n) is 4.93. The van der Waals surface area contributed by atoms with E-state index in [4.69, 9.17) is 4.74 Å². The van der Waals surface area contributed by atoms with Crippen LogP contribution in [0.5, 0.6) is 5.75 Å². The van der Waals surface area contributed by atoms with Gasteiger partial charge in [-0.05, 0) is 50.8 Å². The molecule has 2 heterocycles. The van der Waals surface area contributed by atoms with E-state index in [-0.39, 0.29) is 24.3 Å². The highest BCUT2D eigenvalue weighted by atomic mass is 16.5. The summed E-state index contributed by atoms with van der Waals surface area (Å²) in [6.07, 6.45) is 3.69. The van der Waals surface area contributed by atoms with Gasteiger partial charge in [0.2, 0.25) is 11.8 Å². The quantitative estimate of drug-likeness (QED) is 0.860. The molecule has 0 aliphatic carbocycles. The Morgan fingerprint density at radius 2 is 1.96 bits per heavy atom. The topological polar surface area (TPSA) is 79.0 Å². The predicted molar refractivity (Wildman–Crippen MR) is 103 cm³/mol. The third-order valence-corrected chi connectivity index (χ3v) is 4.93. The number of likely N-dealkylation sites (tertiary alicyclic amines) is 1. The predicted octanol–water partition coefficient (Wildman–Crippen LogP) is 2.55. The molecule has 3 amide bonds. The van der Waals surface area contributed by atoms with Crippen LogP contribution in [0.25, 0.3) is 0 Å². The Morgan fingerprint density at radius 1 is 1.22 bits per heavy atom. The van der Waals surface area contributed by atoms with Crippen molar-refractivity contribution < 1.29 is 19.1 Å². The van der Waals surface area contributed by atoms with Gasteiger partial charge in [0.15, 0.2) is 6.10 Å². The zero-order chi connectivity index (χ0) is 19.4. The van der Waals surface area contributed by atoms with E-state index in [2.05, 4.69) is 5.32 Å². The first-order chi connectivity index (χ1) is 13.0. The number of carbonyl (C=O) groups is 3. The van der Waals surface area contributed by atoms with E-state index >= 15 is 0 Å². The third kappa shape index (κ3) is 4.40. The normalized spacial score (nSPS) is 19.3. The molecule has 27 heavy (non-hydrogen) atoms. The lowest BCUT2D eigenvalue weighted by Crippen LogP contribution is -2.50. The molecule has 1 aromatic carbocycles. The number of hydrogen-bond donors (Lipinski definition) is 1. The van der Waals surface area contributed by atoms with Gasteiger partial charge in [-0.15, -0.1) is 0 Å². The highest BCUT2D eigenvalue weighted by Crippen LogP contribution is 2.36. The van der Waals surface area contributed by atoms with Crippen molar-refractivity contribution in [1.29, 1.82) is 0 Å². The van der Waals surface area contributed by atoms with Crippen LogP contribution in [0.2, 0.25) is 0 Å². The summed E-state index contributed by atoms with van der Waals surface area (Å²) < 4.78 is 5.68. The molecule has 1 aromatic rings. The average molecular weight is 373 g/mol. The van der Waals surface area contributed by atoms with Crippen LogP contribution in [0.15, 0.2) is 18.2 Å². The van der Waals surface area contributed by atoms with Crippen molar-refractivity contribution in [1.82, 2.24) is 4.90 Å².